The van der Waals surface area contributed by atoms with Crippen LogP contribution in [0.2, 0.25) is 5.04 Å². The molecule has 0 saturated heterocycles. The van der Waals surface area contributed by atoms with Gasteiger partial charge in [-0.2, -0.15) is 0 Å². The van der Waals surface area contributed by atoms with Crippen molar-refractivity contribution in [2.24, 2.45) is 0 Å². The summed E-state index contributed by atoms with van der Waals surface area (Å²) in [6.45, 7) is 8.12. The minimum Gasteiger partial charge on any atom is -0.407 e. The highest BCUT2D eigenvalue weighted by atomic mass is 28.4. The number of hydrogen-bond acceptors (Lipinski definition) is 2. The van der Waals surface area contributed by atoms with Gasteiger partial charge in [0.25, 0.3) is 8.32 Å². The standard InChI is InChI=1S/C27H40O2Si/c1-27(2,3)30(25-19-13-11-14-20-25,26-21-15-12-16-22-26)29-24-18-10-8-6-4-5-7-9-17-23-28/h4-5,11-16,19-22,28H,6-10,17-18,23-24H2,1-3H3. The molecule has 0 aromatic heterocycles. The molecule has 0 amide bonds. The molecule has 2 aromatic carbocycles. The average molecular weight is 425 g/mol. The van der Waals surface area contributed by atoms with E-state index in [1.54, 1.807) is 0 Å². The molecular formula is C27H40O2Si. The summed E-state index contributed by atoms with van der Waals surface area (Å²) in [4.78, 5) is 0. The molecule has 3 heteroatoms. The molecule has 0 radical (unpaired) electrons. The van der Waals surface area contributed by atoms with E-state index in [4.69, 9.17) is 9.53 Å². The summed E-state index contributed by atoms with van der Waals surface area (Å²) in [5, 5.41) is 11.6. The highest BCUT2D eigenvalue weighted by Gasteiger charge is 2.49. The molecule has 0 unspecified atom stereocenters. The predicted molar refractivity (Wildman–Crippen MR) is 132 cm³/mol. The van der Waals surface area contributed by atoms with Crippen LogP contribution in [0.25, 0.3) is 0 Å². The van der Waals surface area contributed by atoms with E-state index in [0.717, 1.165) is 38.7 Å². The number of aliphatic hydroxyl groups is 1. The second kappa shape index (κ2) is 12.9. The Morgan fingerprint density at radius 1 is 0.733 bits per heavy atom. The summed E-state index contributed by atoms with van der Waals surface area (Å²) in [7, 11) is -2.38. The van der Waals surface area contributed by atoms with Crippen molar-refractivity contribution in [3.63, 3.8) is 0 Å². The fourth-order valence-corrected chi connectivity index (χ4v) is 8.74. The lowest BCUT2D eigenvalue weighted by Gasteiger charge is -2.43. The third-order valence-corrected chi connectivity index (χ3v) is 10.7. The fraction of sp³-hybridized carbons (Fsp3) is 0.481. The van der Waals surface area contributed by atoms with Crippen LogP contribution in [0, 0.1) is 0 Å². The molecule has 0 spiro atoms. The van der Waals surface area contributed by atoms with Gasteiger partial charge < -0.3 is 9.53 Å². The van der Waals surface area contributed by atoms with E-state index in [9.17, 15) is 0 Å². The number of allylic oxidation sites excluding steroid dienone is 2. The van der Waals surface area contributed by atoms with Crippen molar-refractivity contribution >= 4 is 18.7 Å². The molecule has 0 aliphatic carbocycles. The molecule has 1 N–H and O–H groups in total. The predicted octanol–water partition coefficient (Wildman–Crippen LogP) is 5.84. The van der Waals surface area contributed by atoms with Crippen molar-refractivity contribution in [3.8, 4) is 0 Å². The van der Waals surface area contributed by atoms with E-state index in [1.165, 1.54) is 23.2 Å². The third kappa shape index (κ3) is 6.94. The van der Waals surface area contributed by atoms with E-state index in [-0.39, 0.29) is 5.04 Å². The number of benzene rings is 2. The van der Waals surface area contributed by atoms with Gasteiger partial charge in [0, 0.05) is 13.2 Å². The second-order valence-electron chi connectivity index (χ2n) is 9.05. The maximum Gasteiger partial charge on any atom is 0.261 e. The van der Waals surface area contributed by atoms with E-state index >= 15 is 0 Å². The molecule has 164 valence electrons. The van der Waals surface area contributed by atoms with Gasteiger partial charge in [0.2, 0.25) is 0 Å². The number of rotatable bonds is 13. The minimum atomic E-state index is -2.38. The van der Waals surface area contributed by atoms with Crippen molar-refractivity contribution in [2.45, 2.75) is 70.8 Å². The van der Waals surface area contributed by atoms with Crippen LogP contribution in [0.1, 0.15) is 65.7 Å². The van der Waals surface area contributed by atoms with Gasteiger partial charge in [0.1, 0.15) is 0 Å². The first-order chi connectivity index (χ1) is 14.5. The van der Waals surface area contributed by atoms with E-state index < -0.39 is 8.32 Å². The molecule has 0 bridgehead atoms. The number of aliphatic hydroxyl groups excluding tert-OH is 1. The minimum absolute atomic E-state index is 0.0486. The van der Waals surface area contributed by atoms with Gasteiger partial charge in [0.05, 0.1) is 0 Å². The maximum atomic E-state index is 8.81. The van der Waals surface area contributed by atoms with Crippen LogP contribution < -0.4 is 10.4 Å². The normalized spacial score (nSPS) is 12.5. The van der Waals surface area contributed by atoms with Crippen molar-refractivity contribution in [3.05, 3.63) is 72.8 Å². The summed E-state index contributed by atoms with van der Waals surface area (Å²) < 4.78 is 6.94. The van der Waals surface area contributed by atoms with Crippen molar-refractivity contribution < 1.29 is 9.53 Å². The topological polar surface area (TPSA) is 29.5 Å². The summed E-state index contributed by atoms with van der Waals surface area (Å²) in [5.41, 5.74) is 0. The quantitative estimate of drug-likeness (QED) is 0.248. The average Bonchev–Trinajstić information content (AvgIpc) is 2.75. The Labute approximate surface area is 185 Å². The van der Waals surface area contributed by atoms with Gasteiger partial charge in [-0.25, -0.2) is 0 Å². The van der Waals surface area contributed by atoms with E-state index in [0.29, 0.717) is 6.61 Å². The van der Waals surface area contributed by atoms with Crippen LogP contribution in [0.4, 0.5) is 0 Å². The molecule has 0 heterocycles. The summed E-state index contributed by atoms with van der Waals surface area (Å²) in [6.07, 6.45) is 12.3. The first-order valence-corrected chi connectivity index (χ1v) is 13.4. The first kappa shape index (κ1) is 24.6. The Balaban J connectivity index is 1.98. The Morgan fingerprint density at radius 3 is 1.70 bits per heavy atom. The molecule has 30 heavy (non-hydrogen) atoms. The van der Waals surface area contributed by atoms with Gasteiger partial charge in [-0.3, -0.25) is 0 Å². The Kier molecular flexibility index (Phi) is 10.6. The zero-order valence-corrected chi connectivity index (χ0v) is 20.1. The lowest BCUT2D eigenvalue weighted by molar-refractivity contribution is 0.285. The van der Waals surface area contributed by atoms with Crippen LogP contribution in [0.15, 0.2) is 72.8 Å². The first-order valence-electron chi connectivity index (χ1n) is 11.5. The number of unbranched alkanes of at least 4 members (excludes halogenated alkanes) is 5. The van der Waals surface area contributed by atoms with E-state index in [2.05, 4.69) is 93.6 Å². The largest absolute Gasteiger partial charge is 0.407 e. The Bertz CT molecular complexity index is 680. The summed E-state index contributed by atoms with van der Waals surface area (Å²) in [6, 6.07) is 21.8. The zero-order valence-electron chi connectivity index (χ0n) is 19.1. The molecule has 0 saturated carbocycles. The van der Waals surface area contributed by atoms with Crippen LogP contribution >= 0.6 is 0 Å². The molecule has 2 aromatic rings. The van der Waals surface area contributed by atoms with Gasteiger partial charge in [0.15, 0.2) is 0 Å². The summed E-state index contributed by atoms with van der Waals surface area (Å²) in [5.74, 6) is 0. The highest BCUT2D eigenvalue weighted by Crippen LogP contribution is 2.36. The summed E-state index contributed by atoms with van der Waals surface area (Å²) >= 11 is 0. The number of hydrogen-bond donors (Lipinski definition) is 1. The second-order valence-corrected chi connectivity index (χ2v) is 13.4. The van der Waals surface area contributed by atoms with Crippen LogP contribution in [-0.2, 0) is 4.43 Å². The maximum absolute atomic E-state index is 8.81. The molecule has 2 nitrogen and oxygen atoms in total. The van der Waals surface area contributed by atoms with Crippen molar-refractivity contribution in [1.82, 2.24) is 0 Å². The lowest BCUT2D eigenvalue weighted by Crippen LogP contribution is -2.66. The molecule has 2 rings (SSSR count). The van der Waals surface area contributed by atoms with Crippen LogP contribution in [-0.4, -0.2) is 26.6 Å². The van der Waals surface area contributed by atoms with Gasteiger partial charge in [-0.1, -0.05) is 100 Å². The molecular weight excluding hydrogens is 384 g/mol. The highest BCUT2D eigenvalue weighted by molar-refractivity contribution is 6.99. The smallest absolute Gasteiger partial charge is 0.261 e. The SMILES string of the molecule is CC(C)(C)[Si](OCCCCCC=CCCCCO)(c1ccccc1)c1ccccc1. The van der Waals surface area contributed by atoms with Crippen LogP contribution in [0.5, 0.6) is 0 Å². The van der Waals surface area contributed by atoms with Gasteiger partial charge >= 0.3 is 0 Å². The Morgan fingerprint density at radius 2 is 1.23 bits per heavy atom. The molecule has 0 aliphatic heterocycles. The lowest BCUT2D eigenvalue weighted by atomic mass is 10.1. The molecule has 0 aliphatic rings. The van der Waals surface area contributed by atoms with Gasteiger partial charge in [-0.15, -0.1) is 0 Å². The van der Waals surface area contributed by atoms with Crippen molar-refractivity contribution in [1.29, 1.82) is 0 Å². The third-order valence-electron chi connectivity index (χ3n) is 5.70. The monoisotopic (exact) mass is 424 g/mol. The fourth-order valence-electron chi connectivity index (χ4n) is 4.14. The zero-order chi connectivity index (χ0) is 21.7. The Hall–Kier alpha value is -1.68. The van der Waals surface area contributed by atoms with Crippen molar-refractivity contribution in [2.75, 3.05) is 13.2 Å². The van der Waals surface area contributed by atoms with Crippen LogP contribution in [0.3, 0.4) is 0 Å². The van der Waals surface area contributed by atoms with E-state index in [1.807, 2.05) is 0 Å². The molecule has 0 atom stereocenters. The van der Waals surface area contributed by atoms with Gasteiger partial charge in [-0.05, 0) is 53.9 Å². The molecule has 0 fully saturated rings.